The van der Waals surface area contributed by atoms with Gasteiger partial charge in [-0.1, -0.05) is 19.8 Å². The average molecular weight is 241 g/mol. The summed E-state index contributed by atoms with van der Waals surface area (Å²) in [7, 11) is 0. The van der Waals surface area contributed by atoms with Crippen LogP contribution >= 0.6 is 0 Å². The highest BCUT2D eigenvalue weighted by Gasteiger charge is 2.29. The summed E-state index contributed by atoms with van der Waals surface area (Å²) in [5.74, 6) is -0.555. The van der Waals surface area contributed by atoms with Gasteiger partial charge in [0.1, 0.15) is 0 Å². The standard InChI is InChI=1S/C12H23N3O2/c1-2-3-6-10(13)12(17)15-7-4-5-9(8-15)11(14)16/h9-10H,2-8,13H2,1H3,(H2,14,16). The molecule has 2 amide bonds. The van der Waals surface area contributed by atoms with Crippen LogP contribution in [-0.4, -0.2) is 35.8 Å². The maximum Gasteiger partial charge on any atom is 0.239 e. The lowest BCUT2D eigenvalue weighted by Gasteiger charge is -2.32. The molecule has 5 heteroatoms. The second-order valence-electron chi connectivity index (χ2n) is 4.77. The first kappa shape index (κ1) is 14.0. The molecule has 0 aromatic carbocycles. The van der Waals surface area contributed by atoms with E-state index in [9.17, 15) is 9.59 Å². The number of carbonyl (C=O) groups is 2. The molecule has 0 radical (unpaired) electrons. The van der Waals surface area contributed by atoms with Gasteiger partial charge in [0, 0.05) is 13.1 Å². The van der Waals surface area contributed by atoms with E-state index in [-0.39, 0.29) is 17.7 Å². The van der Waals surface area contributed by atoms with E-state index in [2.05, 4.69) is 6.92 Å². The number of unbranched alkanes of at least 4 members (excludes halogenated alkanes) is 1. The van der Waals surface area contributed by atoms with Gasteiger partial charge >= 0.3 is 0 Å². The Hall–Kier alpha value is -1.10. The summed E-state index contributed by atoms with van der Waals surface area (Å²) in [5, 5.41) is 0. The van der Waals surface area contributed by atoms with Crippen molar-refractivity contribution in [3.8, 4) is 0 Å². The van der Waals surface area contributed by atoms with Crippen LogP contribution in [0.15, 0.2) is 0 Å². The van der Waals surface area contributed by atoms with E-state index < -0.39 is 6.04 Å². The molecule has 0 aliphatic carbocycles. The van der Waals surface area contributed by atoms with E-state index in [0.29, 0.717) is 19.5 Å². The van der Waals surface area contributed by atoms with E-state index in [4.69, 9.17) is 11.5 Å². The lowest BCUT2D eigenvalue weighted by Crippen LogP contribution is -2.50. The van der Waals surface area contributed by atoms with Gasteiger partial charge in [-0.3, -0.25) is 9.59 Å². The Balaban J connectivity index is 2.48. The number of hydrogen-bond acceptors (Lipinski definition) is 3. The lowest BCUT2D eigenvalue weighted by molar-refractivity contribution is -0.136. The molecule has 1 rings (SSSR count). The van der Waals surface area contributed by atoms with E-state index in [0.717, 1.165) is 25.7 Å². The molecule has 17 heavy (non-hydrogen) atoms. The number of primary amides is 1. The van der Waals surface area contributed by atoms with Crippen LogP contribution in [-0.2, 0) is 9.59 Å². The summed E-state index contributed by atoms with van der Waals surface area (Å²) in [6.07, 6.45) is 4.32. The summed E-state index contributed by atoms with van der Waals surface area (Å²) in [4.78, 5) is 24.8. The molecular formula is C12H23N3O2. The highest BCUT2D eigenvalue weighted by atomic mass is 16.2. The van der Waals surface area contributed by atoms with Crippen LogP contribution in [0.3, 0.4) is 0 Å². The van der Waals surface area contributed by atoms with Crippen LogP contribution in [0.2, 0.25) is 0 Å². The molecule has 0 bridgehead atoms. The largest absolute Gasteiger partial charge is 0.369 e. The van der Waals surface area contributed by atoms with Gasteiger partial charge < -0.3 is 16.4 Å². The van der Waals surface area contributed by atoms with Crippen LogP contribution in [0, 0.1) is 5.92 Å². The molecule has 1 heterocycles. The molecule has 1 saturated heterocycles. The number of nitrogens with zero attached hydrogens (tertiary/aromatic N) is 1. The molecule has 1 aliphatic heterocycles. The minimum Gasteiger partial charge on any atom is -0.369 e. The molecule has 4 N–H and O–H groups in total. The van der Waals surface area contributed by atoms with Crippen molar-refractivity contribution in [3.63, 3.8) is 0 Å². The Bertz CT molecular complexity index is 281. The average Bonchev–Trinajstić information content (AvgIpc) is 2.35. The van der Waals surface area contributed by atoms with E-state index >= 15 is 0 Å². The number of hydrogen-bond donors (Lipinski definition) is 2. The molecule has 2 unspecified atom stereocenters. The monoisotopic (exact) mass is 241 g/mol. The lowest BCUT2D eigenvalue weighted by atomic mass is 9.96. The van der Waals surface area contributed by atoms with Crippen molar-refractivity contribution >= 4 is 11.8 Å². The Morgan fingerprint density at radius 2 is 2.18 bits per heavy atom. The topological polar surface area (TPSA) is 89.4 Å². The van der Waals surface area contributed by atoms with Crippen LogP contribution < -0.4 is 11.5 Å². The second-order valence-corrected chi connectivity index (χ2v) is 4.77. The first-order valence-corrected chi connectivity index (χ1v) is 6.40. The third-order valence-electron chi connectivity index (χ3n) is 3.32. The fourth-order valence-corrected chi connectivity index (χ4v) is 2.19. The molecular weight excluding hydrogens is 218 g/mol. The number of nitrogens with two attached hydrogens (primary N) is 2. The number of likely N-dealkylation sites (tertiary alicyclic amines) is 1. The predicted octanol–water partition coefficient (Wildman–Crippen LogP) is 0.228. The number of carbonyl (C=O) groups excluding carboxylic acids is 2. The van der Waals surface area contributed by atoms with Crippen molar-refractivity contribution < 1.29 is 9.59 Å². The smallest absolute Gasteiger partial charge is 0.239 e. The van der Waals surface area contributed by atoms with Crippen LogP contribution in [0.25, 0.3) is 0 Å². The van der Waals surface area contributed by atoms with Crippen molar-refractivity contribution in [3.05, 3.63) is 0 Å². The van der Waals surface area contributed by atoms with E-state index in [1.165, 1.54) is 0 Å². The van der Waals surface area contributed by atoms with Crippen molar-refractivity contribution in [2.75, 3.05) is 13.1 Å². The van der Waals surface area contributed by atoms with Crippen molar-refractivity contribution in [1.29, 1.82) is 0 Å². The van der Waals surface area contributed by atoms with Crippen LogP contribution in [0.4, 0.5) is 0 Å². The Kier molecular flexibility index (Phi) is 5.41. The van der Waals surface area contributed by atoms with Gasteiger partial charge in [0.15, 0.2) is 0 Å². The highest BCUT2D eigenvalue weighted by Crippen LogP contribution is 2.17. The summed E-state index contributed by atoms with van der Waals surface area (Å²) in [6.45, 7) is 3.21. The molecule has 0 aromatic rings. The van der Waals surface area contributed by atoms with Gasteiger partial charge in [0.2, 0.25) is 11.8 Å². The molecule has 98 valence electrons. The van der Waals surface area contributed by atoms with Crippen LogP contribution in [0.5, 0.6) is 0 Å². The predicted molar refractivity (Wildman–Crippen MR) is 66.0 cm³/mol. The SMILES string of the molecule is CCCCC(N)C(=O)N1CCCC(C(N)=O)C1. The quantitative estimate of drug-likeness (QED) is 0.722. The minimum atomic E-state index is -0.429. The fraction of sp³-hybridized carbons (Fsp3) is 0.833. The molecule has 1 aliphatic rings. The molecule has 2 atom stereocenters. The van der Waals surface area contributed by atoms with Gasteiger partial charge in [0.25, 0.3) is 0 Å². The van der Waals surface area contributed by atoms with Gasteiger partial charge in [-0.05, 0) is 19.3 Å². The van der Waals surface area contributed by atoms with Gasteiger partial charge in [-0.15, -0.1) is 0 Å². The maximum atomic E-state index is 12.0. The first-order valence-electron chi connectivity index (χ1n) is 6.40. The molecule has 5 nitrogen and oxygen atoms in total. The normalized spacial score (nSPS) is 22.2. The number of piperidine rings is 1. The minimum absolute atomic E-state index is 0.0376. The van der Waals surface area contributed by atoms with E-state index in [1.54, 1.807) is 4.90 Å². The summed E-state index contributed by atoms with van der Waals surface area (Å²) in [6, 6.07) is -0.429. The third-order valence-corrected chi connectivity index (χ3v) is 3.32. The summed E-state index contributed by atoms with van der Waals surface area (Å²) >= 11 is 0. The molecule has 1 fully saturated rings. The first-order chi connectivity index (χ1) is 8.06. The maximum absolute atomic E-state index is 12.0. The summed E-state index contributed by atoms with van der Waals surface area (Å²) < 4.78 is 0. The van der Waals surface area contributed by atoms with Crippen molar-refractivity contribution in [2.24, 2.45) is 17.4 Å². The fourth-order valence-electron chi connectivity index (χ4n) is 2.19. The Morgan fingerprint density at radius 1 is 1.47 bits per heavy atom. The Labute approximate surface area is 103 Å². The zero-order valence-corrected chi connectivity index (χ0v) is 10.5. The van der Waals surface area contributed by atoms with Crippen molar-refractivity contribution in [1.82, 2.24) is 4.90 Å². The van der Waals surface area contributed by atoms with Gasteiger partial charge in [-0.25, -0.2) is 0 Å². The molecule has 0 saturated carbocycles. The number of amides is 2. The van der Waals surface area contributed by atoms with Gasteiger partial charge in [0.05, 0.1) is 12.0 Å². The van der Waals surface area contributed by atoms with Crippen molar-refractivity contribution in [2.45, 2.75) is 45.1 Å². The van der Waals surface area contributed by atoms with Gasteiger partial charge in [-0.2, -0.15) is 0 Å². The molecule has 0 aromatic heterocycles. The summed E-state index contributed by atoms with van der Waals surface area (Å²) in [5.41, 5.74) is 11.1. The highest BCUT2D eigenvalue weighted by molar-refractivity contribution is 5.83. The zero-order valence-electron chi connectivity index (χ0n) is 10.5. The van der Waals surface area contributed by atoms with E-state index in [1.807, 2.05) is 0 Å². The molecule has 0 spiro atoms. The number of rotatable bonds is 5. The van der Waals surface area contributed by atoms with Crippen LogP contribution in [0.1, 0.15) is 39.0 Å². The Morgan fingerprint density at radius 3 is 2.76 bits per heavy atom. The second kappa shape index (κ2) is 6.59. The third kappa shape index (κ3) is 4.00. The zero-order chi connectivity index (χ0) is 12.8.